The monoisotopic (exact) mass is 273 g/mol. The van der Waals surface area contributed by atoms with E-state index in [0.29, 0.717) is 11.7 Å². The minimum absolute atomic E-state index is 0.341. The van der Waals surface area contributed by atoms with Gasteiger partial charge in [0, 0.05) is 5.70 Å². The molecule has 2 N–H and O–H groups in total. The van der Waals surface area contributed by atoms with Crippen LogP contribution in [0.4, 0.5) is 0 Å². The van der Waals surface area contributed by atoms with Crippen molar-refractivity contribution in [1.82, 2.24) is 5.32 Å². The number of hydrogen-bond acceptors (Lipinski definition) is 2. The molecule has 1 heterocycles. The number of hydrogen-bond donors (Lipinski definition) is 2. The van der Waals surface area contributed by atoms with Crippen molar-refractivity contribution in [2.24, 2.45) is 11.8 Å². The number of rotatable bonds is 6. The van der Waals surface area contributed by atoms with Crippen LogP contribution in [0.3, 0.4) is 0 Å². The summed E-state index contributed by atoms with van der Waals surface area (Å²) in [5.74, 6) is 1.93. The molecule has 1 aliphatic heterocycles. The molecule has 20 heavy (non-hydrogen) atoms. The molecule has 1 aliphatic carbocycles. The summed E-state index contributed by atoms with van der Waals surface area (Å²) in [5.41, 5.74) is 3.16. The quantitative estimate of drug-likeness (QED) is 0.528. The van der Waals surface area contributed by atoms with E-state index in [2.05, 4.69) is 31.0 Å². The fourth-order valence-electron chi connectivity index (χ4n) is 2.62. The van der Waals surface area contributed by atoms with Gasteiger partial charge in [0.05, 0.1) is 5.70 Å². The number of nitrogens with one attached hydrogen (secondary N) is 1. The molecule has 1 saturated carbocycles. The highest BCUT2D eigenvalue weighted by molar-refractivity contribution is 5.30. The predicted octanol–water partition coefficient (Wildman–Crippen LogP) is 4.98. The Morgan fingerprint density at radius 1 is 1.55 bits per heavy atom. The van der Waals surface area contributed by atoms with Crippen LogP contribution in [0.2, 0.25) is 0 Å². The largest absolute Gasteiger partial charge is 0.506 e. The van der Waals surface area contributed by atoms with Gasteiger partial charge in [-0.1, -0.05) is 44.1 Å². The molecule has 1 fully saturated rings. The van der Waals surface area contributed by atoms with Gasteiger partial charge < -0.3 is 10.4 Å². The second-order valence-electron chi connectivity index (χ2n) is 6.38. The Bertz CT molecular complexity index is 452. The molecule has 0 aromatic heterocycles. The van der Waals surface area contributed by atoms with Gasteiger partial charge in [0.2, 0.25) is 0 Å². The lowest BCUT2D eigenvalue weighted by Gasteiger charge is -2.20. The first kappa shape index (κ1) is 15.0. The molecule has 2 aliphatic rings. The maximum atomic E-state index is 10.1. The van der Waals surface area contributed by atoms with E-state index in [0.717, 1.165) is 36.5 Å². The van der Waals surface area contributed by atoms with Gasteiger partial charge in [-0.05, 0) is 50.5 Å². The molecule has 0 saturated heterocycles. The Morgan fingerprint density at radius 2 is 2.30 bits per heavy atom. The van der Waals surface area contributed by atoms with Crippen molar-refractivity contribution in [2.75, 3.05) is 0 Å². The van der Waals surface area contributed by atoms with Crippen LogP contribution in [0.5, 0.6) is 0 Å². The number of allylic oxidation sites excluding steroid dienone is 5. The summed E-state index contributed by atoms with van der Waals surface area (Å²) < 4.78 is 0. The van der Waals surface area contributed by atoms with Crippen LogP contribution in [0, 0.1) is 11.8 Å². The summed E-state index contributed by atoms with van der Waals surface area (Å²) in [6, 6.07) is 0. The first-order valence-corrected chi connectivity index (χ1v) is 7.76. The topological polar surface area (TPSA) is 32.3 Å². The highest BCUT2D eigenvalue weighted by atomic mass is 16.3. The van der Waals surface area contributed by atoms with Gasteiger partial charge in [0.25, 0.3) is 0 Å². The molecule has 0 aromatic rings. The molecule has 110 valence electrons. The van der Waals surface area contributed by atoms with Gasteiger partial charge >= 0.3 is 0 Å². The van der Waals surface area contributed by atoms with Crippen molar-refractivity contribution >= 4 is 0 Å². The maximum Gasteiger partial charge on any atom is 0.135 e. The Hall–Kier alpha value is -1.44. The van der Waals surface area contributed by atoms with Crippen LogP contribution in [-0.4, -0.2) is 5.11 Å². The number of aliphatic hydroxyl groups excluding tert-OH is 1. The first-order valence-electron chi connectivity index (χ1n) is 7.76. The summed E-state index contributed by atoms with van der Waals surface area (Å²) >= 11 is 0. The Morgan fingerprint density at radius 3 is 2.95 bits per heavy atom. The molecule has 0 spiro atoms. The zero-order valence-electron chi connectivity index (χ0n) is 12.8. The fourth-order valence-corrected chi connectivity index (χ4v) is 2.62. The molecule has 2 heteroatoms. The van der Waals surface area contributed by atoms with E-state index in [1.54, 1.807) is 0 Å². The van der Waals surface area contributed by atoms with Crippen LogP contribution in [0.1, 0.15) is 52.4 Å². The van der Waals surface area contributed by atoms with Gasteiger partial charge in [-0.2, -0.15) is 0 Å². The second-order valence-corrected chi connectivity index (χ2v) is 6.38. The third-order valence-corrected chi connectivity index (χ3v) is 3.86. The van der Waals surface area contributed by atoms with Crippen molar-refractivity contribution in [1.29, 1.82) is 0 Å². The number of aliphatic hydroxyl groups is 1. The van der Waals surface area contributed by atoms with Gasteiger partial charge in [-0.25, -0.2) is 0 Å². The zero-order chi connectivity index (χ0) is 14.5. The van der Waals surface area contributed by atoms with E-state index in [4.69, 9.17) is 0 Å². The third-order valence-electron chi connectivity index (χ3n) is 3.86. The van der Waals surface area contributed by atoms with E-state index in [9.17, 15) is 5.11 Å². The molecule has 0 amide bonds. The Kier molecular flexibility index (Phi) is 5.11. The maximum absolute atomic E-state index is 10.1. The minimum Gasteiger partial charge on any atom is -0.506 e. The smallest absolute Gasteiger partial charge is 0.135 e. The van der Waals surface area contributed by atoms with Gasteiger partial charge in [-0.3, -0.25) is 0 Å². The van der Waals surface area contributed by atoms with Gasteiger partial charge in [0.1, 0.15) is 5.76 Å². The van der Waals surface area contributed by atoms with Crippen molar-refractivity contribution in [3.05, 3.63) is 47.5 Å². The fraction of sp³-hybridized carbons (Fsp3) is 0.556. The molecule has 2 nitrogen and oxygen atoms in total. The summed E-state index contributed by atoms with van der Waals surface area (Å²) in [5, 5.41) is 13.5. The van der Waals surface area contributed by atoms with E-state index in [1.165, 1.54) is 25.0 Å². The average molecular weight is 273 g/mol. The standard InChI is InChI=1S/C18H27NO/c1-13(2)7-10-18(20)17-6-4-5-16(19-17)12-14(3)11-15-8-9-15/h6,10,12,14-15,19-20H,1,4-5,7-9,11H2,2-3H3/b16-12+,18-10-. The van der Waals surface area contributed by atoms with E-state index < -0.39 is 0 Å². The molecular formula is C18H27NO. The average Bonchev–Trinajstić information content (AvgIpc) is 3.19. The van der Waals surface area contributed by atoms with Crippen molar-refractivity contribution < 1.29 is 5.11 Å². The van der Waals surface area contributed by atoms with Crippen LogP contribution >= 0.6 is 0 Å². The lowest BCUT2D eigenvalue weighted by Crippen LogP contribution is -2.19. The molecule has 2 rings (SSSR count). The molecule has 1 unspecified atom stereocenters. The van der Waals surface area contributed by atoms with Crippen molar-refractivity contribution in [3.8, 4) is 0 Å². The molecule has 0 bridgehead atoms. The summed E-state index contributed by atoms with van der Waals surface area (Å²) in [6.07, 6.45) is 13.2. The van der Waals surface area contributed by atoms with Crippen molar-refractivity contribution in [2.45, 2.75) is 52.4 Å². The van der Waals surface area contributed by atoms with E-state index >= 15 is 0 Å². The lowest BCUT2D eigenvalue weighted by atomic mass is 10.00. The highest BCUT2D eigenvalue weighted by Crippen LogP contribution is 2.36. The van der Waals surface area contributed by atoms with Crippen LogP contribution < -0.4 is 5.32 Å². The SMILES string of the molecule is C=C(C)C/C=C(\O)C1=CCC/C(=C\C(C)CC2CC2)N1. The molecular weight excluding hydrogens is 246 g/mol. The van der Waals surface area contributed by atoms with Crippen molar-refractivity contribution in [3.63, 3.8) is 0 Å². The normalized spacial score (nSPS) is 23.2. The van der Waals surface area contributed by atoms with Crippen LogP contribution in [0.15, 0.2) is 47.5 Å². The van der Waals surface area contributed by atoms with Gasteiger partial charge in [-0.15, -0.1) is 0 Å². The molecule has 0 radical (unpaired) electrons. The van der Waals surface area contributed by atoms with Crippen LogP contribution in [-0.2, 0) is 0 Å². The van der Waals surface area contributed by atoms with Gasteiger partial charge in [0.15, 0.2) is 0 Å². The molecule has 1 atom stereocenters. The second kappa shape index (κ2) is 6.83. The third kappa shape index (κ3) is 4.92. The minimum atomic E-state index is 0.341. The summed E-state index contributed by atoms with van der Waals surface area (Å²) in [4.78, 5) is 0. The highest BCUT2D eigenvalue weighted by Gasteiger charge is 2.23. The first-order chi connectivity index (χ1) is 9.54. The van der Waals surface area contributed by atoms with Crippen LogP contribution in [0.25, 0.3) is 0 Å². The summed E-state index contributed by atoms with van der Waals surface area (Å²) in [7, 11) is 0. The predicted molar refractivity (Wildman–Crippen MR) is 85.2 cm³/mol. The Balaban J connectivity index is 1.92. The van der Waals surface area contributed by atoms with E-state index in [-0.39, 0.29) is 0 Å². The Labute approximate surface area is 123 Å². The zero-order valence-corrected chi connectivity index (χ0v) is 12.8. The molecule has 0 aromatic carbocycles. The lowest BCUT2D eigenvalue weighted by molar-refractivity contribution is 0.411. The summed E-state index contributed by atoms with van der Waals surface area (Å²) in [6.45, 7) is 8.12. The van der Waals surface area contributed by atoms with E-state index in [1.807, 2.05) is 13.0 Å².